The Morgan fingerprint density at radius 2 is 1.83 bits per heavy atom. The second-order valence-electron chi connectivity index (χ2n) is 5.30. The molecule has 1 aromatic heterocycles. The lowest BCUT2D eigenvalue weighted by molar-refractivity contribution is 0.415. The van der Waals surface area contributed by atoms with Crippen LogP contribution in [0.25, 0.3) is 12.7 Å². The molecule has 2 aromatic carbocycles. The van der Waals surface area contributed by atoms with Crippen LogP contribution in [-0.4, -0.2) is 16.9 Å². The van der Waals surface area contributed by atoms with E-state index in [0.29, 0.717) is 17.1 Å². The Balaban J connectivity index is 1.98. The minimum Gasteiger partial charge on any atom is -0.497 e. The molecule has 1 N–H and O–H groups in total. The van der Waals surface area contributed by atoms with Crippen LogP contribution in [0.3, 0.4) is 0 Å². The quantitative estimate of drug-likeness (QED) is 0.793. The van der Waals surface area contributed by atoms with Crippen molar-refractivity contribution in [2.45, 2.75) is 6.54 Å². The summed E-state index contributed by atoms with van der Waals surface area (Å²) in [4.78, 5) is 12.6. The summed E-state index contributed by atoms with van der Waals surface area (Å²) < 4.78 is 6.72. The standard InChI is InChI=1S/C19H18N2O2/c1-14-18(12-15-8-10-17(23-2)11-9-15)19(22)21(20-14)13-16-6-4-3-5-7-16/h3-12,20H,1,13H2,2H3/b18-12-. The molecule has 0 saturated heterocycles. The Bertz CT molecular complexity index is 951. The van der Waals surface area contributed by atoms with Gasteiger partial charge in [-0.25, -0.2) is 4.68 Å². The fourth-order valence-corrected chi connectivity index (χ4v) is 2.44. The number of ether oxygens (including phenoxy) is 1. The number of aromatic amines is 1. The van der Waals surface area contributed by atoms with Crippen LogP contribution in [0, 0.1) is 0 Å². The summed E-state index contributed by atoms with van der Waals surface area (Å²) in [6, 6.07) is 17.4. The Morgan fingerprint density at radius 1 is 1.13 bits per heavy atom. The van der Waals surface area contributed by atoms with Crippen molar-refractivity contribution in [3.05, 3.63) is 86.6 Å². The van der Waals surface area contributed by atoms with Gasteiger partial charge in [0.15, 0.2) is 0 Å². The largest absolute Gasteiger partial charge is 0.497 e. The molecule has 0 saturated carbocycles. The molecular weight excluding hydrogens is 288 g/mol. The molecule has 0 aliphatic rings. The van der Waals surface area contributed by atoms with E-state index in [1.54, 1.807) is 11.8 Å². The first-order valence-electron chi connectivity index (χ1n) is 7.35. The molecule has 0 bridgehead atoms. The third kappa shape index (κ3) is 3.26. The van der Waals surface area contributed by atoms with Crippen LogP contribution in [0.5, 0.6) is 5.75 Å². The number of rotatable bonds is 4. The van der Waals surface area contributed by atoms with Gasteiger partial charge in [0.25, 0.3) is 5.56 Å². The zero-order chi connectivity index (χ0) is 16.2. The molecular formula is C19H18N2O2. The van der Waals surface area contributed by atoms with Crippen molar-refractivity contribution < 1.29 is 4.74 Å². The van der Waals surface area contributed by atoms with Crippen molar-refractivity contribution in [3.63, 3.8) is 0 Å². The van der Waals surface area contributed by atoms with E-state index in [0.717, 1.165) is 16.9 Å². The molecule has 116 valence electrons. The fraction of sp³-hybridized carbons (Fsp3) is 0.105. The van der Waals surface area contributed by atoms with E-state index in [1.165, 1.54) is 0 Å². The SMILES string of the molecule is C=c1[nH]n(Cc2ccccc2)c(=O)/c1=C\c1ccc(OC)cc1. The van der Waals surface area contributed by atoms with E-state index in [2.05, 4.69) is 11.7 Å². The Morgan fingerprint density at radius 3 is 2.48 bits per heavy atom. The highest BCUT2D eigenvalue weighted by Gasteiger charge is 2.03. The summed E-state index contributed by atoms with van der Waals surface area (Å²) in [6.45, 7) is 4.44. The van der Waals surface area contributed by atoms with Gasteiger partial charge < -0.3 is 4.74 Å². The van der Waals surface area contributed by atoms with Crippen LogP contribution < -0.4 is 20.9 Å². The molecule has 0 aliphatic heterocycles. The molecule has 0 unspecified atom stereocenters. The number of hydrogen-bond donors (Lipinski definition) is 1. The zero-order valence-corrected chi connectivity index (χ0v) is 13.0. The third-order valence-corrected chi connectivity index (χ3v) is 3.68. The highest BCUT2D eigenvalue weighted by molar-refractivity contribution is 5.50. The van der Waals surface area contributed by atoms with Gasteiger partial charge in [0.2, 0.25) is 0 Å². The monoisotopic (exact) mass is 306 g/mol. The van der Waals surface area contributed by atoms with Crippen LogP contribution in [0.2, 0.25) is 0 Å². The van der Waals surface area contributed by atoms with Crippen LogP contribution >= 0.6 is 0 Å². The van der Waals surface area contributed by atoms with Crippen molar-refractivity contribution >= 4 is 12.7 Å². The smallest absolute Gasteiger partial charge is 0.274 e. The van der Waals surface area contributed by atoms with E-state index in [9.17, 15) is 4.79 Å². The maximum Gasteiger partial charge on any atom is 0.274 e. The number of nitrogens with zero attached hydrogens (tertiary/aromatic N) is 1. The molecule has 3 rings (SSSR count). The molecule has 0 fully saturated rings. The Hall–Kier alpha value is -3.01. The number of methoxy groups -OCH3 is 1. The van der Waals surface area contributed by atoms with Gasteiger partial charge in [0.05, 0.1) is 24.2 Å². The molecule has 0 amide bonds. The Labute approximate surface area is 134 Å². The minimum atomic E-state index is -0.0744. The van der Waals surface area contributed by atoms with Crippen LogP contribution in [0.15, 0.2) is 59.4 Å². The number of aromatic nitrogens is 2. The summed E-state index contributed by atoms with van der Waals surface area (Å²) >= 11 is 0. The van der Waals surface area contributed by atoms with E-state index in [1.807, 2.05) is 60.7 Å². The summed E-state index contributed by atoms with van der Waals surface area (Å²) in [5.74, 6) is 0.785. The highest BCUT2D eigenvalue weighted by Crippen LogP contribution is 2.11. The number of H-pyrrole nitrogens is 1. The average Bonchev–Trinajstić information content (AvgIpc) is 2.84. The van der Waals surface area contributed by atoms with Gasteiger partial charge in [-0.05, 0) is 29.3 Å². The first-order chi connectivity index (χ1) is 11.2. The summed E-state index contributed by atoms with van der Waals surface area (Å²) in [7, 11) is 1.63. The predicted molar refractivity (Wildman–Crippen MR) is 91.9 cm³/mol. The predicted octanol–water partition coefficient (Wildman–Crippen LogP) is 1.47. The average molecular weight is 306 g/mol. The summed E-state index contributed by atoms with van der Waals surface area (Å²) in [6.07, 6.45) is 1.84. The van der Waals surface area contributed by atoms with Crippen molar-refractivity contribution in [1.29, 1.82) is 0 Å². The molecule has 1 heterocycles. The second-order valence-corrected chi connectivity index (χ2v) is 5.30. The molecule has 0 radical (unpaired) electrons. The van der Waals surface area contributed by atoms with Crippen molar-refractivity contribution in [3.8, 4) is 5.75 Å². The van der Waals surface area contributed by atoms with E-state index >= 15 is 0 Å². The van der Waals surface area contributed by atoms with Gasteiger partial charge in [-0.3, -0.25) is 9.89 Å². The van der Waals surface area contributed by atoms with Gasteiger partial charge in [-0.1, -0.05) is 49.0 Å². The Kier molecular flexibility index (Phi) is 4.15. The van der Waals surface area contributed by atoms with E-state index < -0.39 is 0 Å². The molecule has 0 aliphatic carbocycles. The lowest BCUT2D eigenvalue weighted by Crippen LogP contribution is -2.34. The van der Waals surface area contributed by atoms with Gasteiger partial charge in [0.1, 0.15) is 5.75 Å². The van der Waals surface area contributed by atoms with Gasteiger partial charge in [0, 0.05) is 0 Å². The third-order valence-electron chi connectivity index (χ3n) is 3.68. The van der Waals surface area contributed by atoms with Crippen LogP contribution in [0.1, 0.15) is 11.1 Å². The zero-order valence-electron chi connectivity index (χ0n) is 13.0. The molecule has 0 atom stereocenters. The van der Waals surface area contributed by atoms with Crippen molar-refractivity contribution in [1.82, 2.24) is 9.78 Å². The summed E-state index contributed by atoms with van der Waals surface area (Å²) in [5, 5.41) is 4.23. The highest BCUT2D eigenvalue weighted by atomic mass is 16.5. The van der Waals surface area contributed by atoms with Gasteiger partial charge in [-0.2, -0.15) is 0 Å². The van der Waals surface area contributed by atoms with Gasteiger partial charge >= 0.3 is 0 Å². The van der Waals surface area contributed by atoms with Crippen LogP contribution in [0.4, 0.5) is 0 Å². The summed E-state index contributed by atoms with van der Waals surface area (Å²) in [5.41, 5.74) is 1.92. The molecule has 0 spiro atoms. The van der Waals surface area contributed by atoms with Crippen LogP contribution in [-0.2, 0) is 6.54 Å². The number of nitrogens with one attached hydrogen (secondary N) is 1. The van der Waals surface area contributed by atoms with Gasteiger partial charge in [-0.15, -0.1) is 0 Å². The first-order valence-corrected chi connectivity index (χ1v) is 7.35. The lowest BCUT2D eigenvalue weighted by atomic mass is 10.2. The minimum absolute atomic E-state index is 0.0744. The topological polar surface area (TPSA) is 47.0 Å². The lowest BCUT2D eigenvalue weighted by Gasteiger charge is -2.00. The normalized spacial score (nSPS) is 11.6. The molecule has 4 heteroatoms. The first kappa shape index (κ1) is 14.9. The number of benzene rings is 2. The van der Waals surface area contributed by atoms with Crippen molar-refractivity contribution in [2.75, 3.05) is 7.11 Å². The number of hydrogen-bond acceptors (Lipinski definition) is 2. The molecule has 4 nitrogen and oxygen atoms in total. The molecule has 3 aromatic rings. The van der Waals surface area contributed by atoms with E-state index in [-0.39, 0.29) is 5.56 Å². The fourth-order valence-electron chi connectivity index (χ4n) is 2.44. The van der Waals surface area contributed by atoms with Crippen molar-refractivity contribution in [2.24, 2.45) is 0 Å². The second kappa shape index (κ2) is 6.40. The maximum atomic E-state index is 12.6. The maximum absolute atomic E-state index is 12.6. The van der Waals surface area contributed by atoms with E-state index in [4.69, 9.17) is 4.74 Å². The molecule has 23 heavy (non-hydrogen) atoms.